The molecule has 2 rings (SSSR count). The molecule has 1 aromatic heterocycles. The number of amides is 1. The number of ether oxygens (including phenoxy) is 2. The largest absolute Gasteiger partial charge is 0.355 e. The van der Waals surface area contributed by atoms with Crippen molar-refractivity contribution in [2.24, 2.45) is 0 Å². The van der Waals surface area contributed by atoms with E-state index in [4.69, 9.17) is 9.47 Å². The van der Waals surface area contributed by atoms with E-state index < -0.39 is 0 Å². The number of nitrogens with one attached hydrogen (secondary N) is 1. The third-order valence-corrected chi connectivity index (χ3v) is 3.52. The van der Waals surface area contributed by atoms with E-state index in [1.807, 2.05) is 11.8 Å². The molecule has 7 nitrogen and oxygen atoms in total. The van der Waals surface area contributed by atoms with Crippen molar-refractivity contribution in [1.82, 2.24) is 20.0 Å². The Morgan fingerprint density at radius 2 is 2.00 bits per heavy atom. The summed E-state index contributed by atoms with van der Waals surface area (Å²) in [6.07, 6.45) is -0.216. The fraction of sp³-hybridized carbons (Fsp3) is 0.692. The molecule has 1 aliphatic rings. The number of hydrogen-bond donors (Lipinski definition) is 1. The van der Waals surface area contributed by atoms with Gasteiger partial charge in [0.05, 0.1) is 0 Å². The van der Waals surface area contributed by atoms with Gasteiger partial charge in [-0.2, -0.15) is 5.10 Å². The van der Waals surface area contributed by atoms with Crippen molar-refractivity contribution in [1.29, 1.82) is 0 Å². The Kier molecular flexibility index (Phi) is 5.11. The molecular formula is C13H22N4O3. The number of rotatable bonds is 5. The number of carbonyl (C=O) groups excluding carboxylic acids is 1. The van der Waals surface area contributed by atoms with E-state index >= 15 is 0 Å². The fourth-order valence-corrected chi connectivity index (χ4v) is 2.28. The Morgan fingerprint density at radius 3 is 2.50 bits per heavy atom. The van der Waals surface area contributed by atoms with Gasteiger partial charge in [-0.1, -0.05) is 0 Å². The lowest BCUT2D eigenvalue weighted by molar-refractivity contribution is -0.118. The summed E-state index contributed by atoms with van der Waals surface area (Å²) in [5.41, 5.74) is 1.39. The lowest BCUT2D eigenvalue weighted by Gasteiger charge is -2.35. The highest BCUT2D eigenvalue weighted by Gasteiger charge is 2.24. The Hall–Kier alpha value is -1.44. The van der Waals surface area contributed by atoms with E-state index in [9.17, 15) is 4.79 Å². The summed E-state index contributed by atoms with van der Waals surface area (Å²) in [5, 5.41) is 6.81. The van der Waals surface area contributed by atoms with Crippen molar-refractivity contribution in [3.8, 4) is 0 Å². The molecule has 0 radical (unpaired) electrons. The highest BCUT2D eigenvalue weighted by atomic mass is 16.7. The van der Waals surface area contributed by atoms with E-state index in [1.54, 1.807) is 20.3 Å². The molecule has 1 amide bonds. The van der Waals surface area contributed by atoms with Gasteiger partial charge >= 0.3 is 0 Å². The van der Waals surface area contributed by atoms with E-state index in [1.165, 1.54) is 0 Å². The van der Waals surface area contributed by atoms with Gasteiger partial charge in [-0.25, -0.2) is 0 Å². The number of aryl methyl sites for hydroxylation is 1. The number of hydrogen-bond acceptors (Lipinski definition) is 5. The Balaban J connectivity index is 1.83. The number of nitrogens with zero attached hydrogens (tertiary/aromatic N) is 3. The molecular weight excluding hydrogens is 260 g/mol. The van der Waals surface area contributed by atoms with Crippen LogP contribution in [0.2, 0.25) is 0 Å². The summed E-state index contributed by atoms with van der Waals surface area (Å²) < 4.78 is 10.4. The molecule has 7 heteroatoms. The second-order valence-electron chi connectivity index (χ2n) is 4.93. The maximum atomic E-state index is 12.2. The predicted octanol–water partition coefficient (Wildman–Crippen LogP) is 0.0948. The molecule has 1 N–H and O–H groups in total. The van der Waals surface area contributed by atoms with Crippen LogP contribution in [-0.2, 0) is 9.47 Å². The smallest absolute Gasteiger partial charge is 0.274 e. The summed E-state index contributed by atoms with van der Waals surface area (Å²) in [6.45, 7) is 5.64. The average Bonchev–Trinajstić information content (AvgIpc) is 2.91. The number of piperazine rings is 1. The fourth-order valence-electron chi connectivity index (χ4n) is 2.28. The van der Waals surface area contributed by atoms with Crippen molar-refractivity contribution in [2.45, 2.75) is 13.2 Å². The molecule has 112 valence electrons. The lowest BCUT2D eigenvalue weighted by atomic mass is 10.2. The maximum absolute atomic E-state index is 12.2. The lowest BCUT2D eigenvalue weighted by Crippen LogP contribution is -2.50. The Bertz CT molecular complexity index is 437. The minimum absolute atomic E-state index is 0.0102. The minimum atomic E-state index is -0.216. The van der Waals surface area contributed by atoms with E-state index in [0.29, 0.717) is 18.8 Å². The van der Waals surface area contributed by atoms with Crippen molar-refractivity contribution in [2.75, 3.05) is 46.9 Å². The molecule has 0 aromatic carbocycles. The standard InChI is InChI=1S/C13H22N4O3/c1-10-8-11(15-14-10)13(18)17-6-4-16(5-7-17)9-12(19-2)20-3/h8,12H,4-7,9H2,1-3H3,(H,14,15). The summed E-state index contributed by atoms with van der Waals surface area (Å²) in [4.78, 5) is 16.3. The highest BCUT2D eigenvalue weighted by Crippen LogP contribution is 2.09. The number of carbonyl (C=O) groups is 1. The zero-order valence-electron chi connectivity index (χ0n) is 12.3. The molecule has 1 fully saturated rings. The highest BCUT2D eigenvalue weighted by molar-refractivity contribution is 5.92. The number of aromatic amines is 1. The first-order valence-electron chi connectivity index (χ1n) is 6.73. The van der Waals surface area contributed by atoms with Gasteiger partial charge in [0.1, 0.15) is 5.69 Å². The molecule has 0 aliphatic carbocycles. The van der Waals surface area contributed by atoms with Crippen molar-refractivity contribution in [3.05, 3.63) is 17.5 Å². The van der Waals surface area contributed by atoms with Crippen molar-refractivity contribution < 1.29 is 14.3 Å². The zero-order chi connectivity index (χ0) is 14.5. The van der Waals surface area contributed by atoms with Crippen molar-refractivity contribution in [3.63, 3.8) is 0 Å². The van der Waals surface area contributed by atoms with Gasteiger partial charge in [-0.05, 0) is 13.0 Å². The van der Waals surface area contributed by atoms with Crippen molar-refractivity contribution >= 4 is 5.91 Å². The molecule has 1 aliphatic heterocycles. The van der Waals surface area contributed by atoms with Gasteiger partial charge < -0.3 is 14.4 Å². The van der Waals surface area contributed by atoms with Crippen LogP contribution in [0.25, 0.3) is 0 Å². The van der Waals surface area contributed by atoms with E-state index in [2.05, 4.69) is 15.1 Å². The van der Waals surface area contributed by atoms with Crippen LogP contribution in [0, 0.1) is 6.92 Å². The molecule has 0 atom stereocenters. The second-order valence-corrected chi connectivity index (χ2v) is 4.93. The summed E-state index contributed by atoms with van der Waals surface area (Å²) >= 11 is 0. The van der Waals surface area contributed by atoms with E-state index in [0.717, 1.165) is 25.3 Å². The molecule has 0 spiro atoms. The summed E-state index contributed by atoms with van der Waals surface area (Å²) in [7, 11) is 3.27. The molecule has 0 saturated carbocycles. The monoisotopic (exact) mass is 282 g/mol. The van der Waals surface area contributed by atoms with Crippen LogP contribution in [0.4, 0.5) is 0 Å². The normalized spacial score (nSPS) is 16.9. The maximum Gasteiger partial charge on any atom is 0.274 e. The molecule has 2 heterocycles. The van der Waals surface area contributed by atoms with Crippen LogP contribution in [0.1, 0.15) is 16.2 Å². The van der Waals surface area contributed by atoms with Crippen LogP contribution < -0.4 is 0 Å². The summed E-state index contributed by atoms with van der Waals surface area (Å²) in [6, 6.07) is 1.78. The zero-order valence-corrected chi connectivity index (χ0v) is 12.3. The minimum Gasteiger partial charge on any atom is -0.355 e. The quantitative estimate of drug-likeness (QED) is 0.775. The number of aromatic nitrogens is 2. The predicted molar refractivity (Wildman–Crippen MR) is 73.5 cm³/mol. The third kappa shape index (κ3) is 3.56. The average molecular weight is 282 g/mol. The van der Waals surface area contributed by atoms with Crippen LogP contribution in [0.3, 0.4) is 0 Å². The van der Waals surface area contributed by atoms with Gasteiger partial charge in [0.25, 0.3) is 5.91 Å². The van der Waals surface area contributed by atoms with Gasteiger partial charge in [0.15, 0.2) is 6.29 Å². The van der Waals surface area contributed by atoms with Crippen LogP contribution in [0.5, 0.6) is 0 Å². The van der Waals surface area contributed by atoms with Gasteiger partial charge in [-0.15, -0.1) is 0 Å². The molecule has 20 heavy (non-hydrogen) atoms. The molecule has 0 bridgehead atoms. The first kappa shape index (κ1) is 15.0. The third-order valence-electron chi connectivity index (χ3n) is 3.52. The van der Waals surface area contributed by atoms with Crippen LogP contribution in [0.15, 0.2) is 6.07 Å². The van der Waals surface area contributed by atoms with Crippen LogP contribution >= 0.6 is 0 Å². The SMILES string of the molecule is COC(CN1CCN(C(=O)c2cc(C)[nH]n2)CC1)OC. The summed E-state index contributed by atoms with van der Waals surface area (Å²) in [5.74, 6) is -0.0102. The van der Waals surface area contributed by atoms with Gasteiger partial charge in [0, 0.05) is 52.6 Å². The topological polar surface area (TPSA) is 70.7 Å². The van der Waals surface area contributed by atoms with E-state index in [-0.39, 0.29) is 12.2 Å². The number of methoxy groups -OCH3 is 2. The number of H-pyrrole nitrogens is 1. The Labute approximate surface area is 118 Å². The second kappa shape index (κ2) is 6.83. The van der Waals surface area contributed by atoms with Gasteiger partial charge in [0.2, 0.25) is 0 Å². The first-order chi connectivity index (χ1) is 9.63. The molecule has 1 aromatic rings. The molecule has 1 saturated heterocycles. The van der Waals surface area contributed by atoms with Gasteiger partial charge in [-0.3, -0.25) is 14.8 Å². The first-order valence-corrected chi connectivity index (χ1v) is 6.73. The Morgan fingerprint density at radius 1 is 1.35 bits per heavy atom. The van der Waals surface area contributed by atoms with Crippen LogP contribution in [-0.4, -0.2) is 79.1 Å². The molecule has 0 unspecified atom stereocenters.